The molecule has 8 nitrogen and oxygen atoms in total. The maximum atomic E-state index is 13.3. The summed E-state index contributed by atoms with van der Waals surface area (Å²) in [4.78, 5) is 27.7. The summed E-state index contributed by atoms with van der Waals surface area (Å²) in [5.74, 6) is 1.06. The van der Waals surface area contributed by atoms with E-state index in [0.717, 1.165) is 18.4 Å². The lowest BCUT2D eigenvalue weighted by Crippen LogP contribution is -2.48. The zero-order chi connectivity index (χ0) is 25.5. The minimum Gasteiger partial charge on any atom is -0.436 e. The Morgan fingerprint density at radius 3 is 2.44 bits per heavy atom. The second-order valence-corrected chi connectivity index (χ2v) is 10.8. The Balaban J connectivity index is 1.36. The molecule has 1 N–H and O–H groups in total. The van der Waals surface area contributed by atoms with Crippen LogP contribution < -0.4 is 5.32 Å². The first-order valence-corrected chi connectivity index (χ1v) is 13.3. The van der Waals surface area contributed by atoms with Gasteiger partial charge in [-0.25, -0.2) is 4.79 Å². The standard InChI is InChI=1S/C28H39N3O5/c1-20-14-23(15-21(2)28(20)8-9-28)16-25(36-27(33)31-10-12-34-13-11-31)26(32)30-24(17-29)19-35-18-22-6-4-3-5-7-22/h3-7,20-21,23-25H,8-16,18-19H2,1-2H3,(H,30,32)/t20?,21?,23?,24-,25+/m1/s1. The highest BCUT2D eigenvalue weighted by atomic mass is 16.6. The molecule has 1 heterocycles. The molecule has 4 rings (SSSR count). The van der Waals surface area contributed by atoms with E-state index in [4.69, 9.17) is 14.2 Å². The van der Waals surface area contributed by atoms with Crippen molar-refractivity contribution in [2.45, 2.75) is 64.7 Å². The smallest absolute Gasteiger partial charge is 0.410 e. The lowest BCUT2D eigenvalue weighted by atomic mass is 9.65. The molecule has 1 aromatic carbocycles. The molecule has 0 bridgehead atoms. The van der Waals surface area contributed by atoms with Crippen molar-refractivity contribution in [3.8, 4) is 6.07 Å². The van der Waals surface area contributed by atoms with Crippen molar-refractivity contribution in [3.63, 3.8) is 0 Å². The SMILES string of the molecule is CC1CC(C[C@H](OC(=O)N2CCOCC2)C(=O)N[C@H](C#N)COCc2ccccc2)CC(C)C12CC2. The maximum Gasteiger partial charge on any atom is 0.410 e. The lowest BCUT2D eigenvalue weighted by molar-refractivity contribution is -0.132. The van der Waals surface area contributed by atoms with Crippen LogP contribution in [0, 0.1) is 34.5 Å². The first-order valence-electron chi connectivity index (χ1n) is 13.3. The summed E-state index contributed by atoms with van der Waals surface area (Å²) in [5.41, 5.74) is 1.47. The molecule has 0 radical (unpaired) electrons. The van der Waals surface area contributed by atoms with Crippen molar-refractivity contribution < 1.29 is 23.8 Å². The Morgan fingerprint density at radius 1 is 1.17 bits per heavy atom. The van der Waals surface area contributed by atoms with Crippen LogP contribution in [0.1, 0.15) is 51.5 Å². The van der Waals surface area contributed by atoms with Crippen LogP contribution in [0.5, 0.6) is 0 Å². The molecule has 1 saturated heterocycles. The molecule has 2 aliphatic carbocycles. The highest BCUT2D eigenvalue weighted by molar-refractivity contribution is 5.84. The molecule has 196 valence electrons. The predicted octanol–water partition coefficient (Wildman–Crippen LogP) is 3.90. The molecule has 4 atom stereocenters. The fraction of sp³-hybridized carbons (Fsp3) is 0.679. The Hall–Kier alpha value is -2.63. The van der Waals surface area contributed by atoms with Gasteiger partial charge < -0.3 is 24.4 Å². The van der Waals surface area contributed by atoms with Crippen LogP contribution in [0.2, 0.25) is 0 Å². The fourth-order valence-corrected chi connectivity index (χ4v) is 6.07. The number of amides is 2. The van der Waals surface area contributed by atoms with Crippen molar-refractivity contribution in [3.05, 3.63) is 35.9 Å². The number of nitrogens with one attached hydrogen (secondary N) is 1. The zero-order valence-corrected chi connectivity index (χ0v) is 21.5. The van der Waals surface area contributed by atoms with Crippen LogP contribution in [0.25, 0.3) is 0 Å². The Morgan fingerprint density at radius 2 is 1.83 bits per heavy atom. The quantitative estimate of drug-likeness (QED) is 0.555. The summed E-state index contributed by atoms with van der Waals surface area (Å²) >= 11 is 0. The number of ether oxygens (including phenoxy) is 3. The number of nitriles is 1. The monoisotopic (exact) mass is 497 g/mol. The van der Waals surface area contributed by atoms with Gasteiger partial charge in [-0.05, 0) is 60.8 Å². The largest absolute Gasteiger partial charge is 0.436 e. The van der Waals surface area contributed by atoms with E-state index in [1.54, 1.807) is 4.90 Å². The van der Waals surface area contributed by atoms with E-state index in [9.17, 15) is 14.9 Å². The summed E-state index contributed by atoms with van der Waals surface area (Å²) < 4.78 is 16.8. The molecule has 1 aliphatic heterocycles. The van der Waals surface area contributed by atoms with Crippen LogP contribution in [0.15, 0.2) is 30.3 Å². The minimum absolute atomic E-state index is 0.0568. The highest BCUT2D eigenvalue weighted by Crippen LogP contribution is 2.63. The number of carbonyl (C=O) groups excluding carboxylic acids is 2. The van der Waals surface area contributed by atoms with Gasteiger partial charge in [0.25, 0.3) is 5.91 Å². The third-order valence-corrected chi connectivity index (χ3v) is 8.38. The lowest BCUT2D eigenvalue weighted by Gasteiger charge is -2.41. The number of hydrogen-bond acceptors (Lipinski definition) is 6. The first kappa shape index (κ1) is 26.4. The van der Waals surface area contributed by atoms with Gasteiger partial charge in [0.15, 0.2) is 6.10 Å². The Kier molecular flexibility index (Phi) is 8.86. The number of benzene rings is 1. The number of carbonyl (C=O) groups is 2. The summed E-state index contributed by atoms with van der Waals surface area (Å²) in [6.45, 7) is 6.86. The zero-order valence-electron chi connectivity index (χ0n) is 21.5. The van der Waals surface area contributed by atoms with Gasteiger partial charge in [0.05, 0.1) is 32.5 Å². The molecule has 2 amide bonds. The summed E-state index contributed by atoms with van der Waals surface area (Å²) in [5, 5.41) is 12.4. The Bertz CT molecular complexity index is 909. The van der Waals surface area contributed by atoms with E-state index in [1.807, 2.05) is 30.3 Å². The van der Waals surface area contributed by atoms with E-state index in [0.29, 0.717) is 62.5 Å². The van der Waals surface area contributed by atoms with Gasteiger partial charge in [0.2, 0.25) is 0 Å². The van der Waals surface area contributed by atoms with Crippen molar-refractivity contribution in [2.24, 2.45) is 23.2 Å². The van der Waals surface area contributed by atoms with Crippen LogP contribution in [-0.2, 0) is 25.6 Å². The third-order valence-electron chi connectivity index (χ3n) is 8.38. The normalized spacial score (nSPS) is 26.5. The number of nitrogens with zero attached hydrogens (tertiary/aromatic N) is 2. The van der Waals surface area contributed by atoms with Crippen LogP contribution >= 0.6 is 0 Å². The van der Waals surface area contributed by atoms with Crippen LogP contribution in [0.3, 0.4) is 0 Å². The van der Waals surface area contributed by atoms with Gasteiger partial charge in [-0.15, -0.1) is 0 Å². The van der Waals surface area contributed by atoms with Gasteiger partial charge >= 0.3 is 6.09 Å². The molecule has 8 heteroatoms. The number of rotatable bonds is 9. The molecule has 2 saturated carbocycles. The second kappa shape index (κ2) is 12.1. The molecule has 3 fully saturated rings. The molecule has 3 aliphatic rings. The number of morpholine rings is 1. The van der Waals surface area contributed by atoms with E-state index in [2.05, 4.69) is 25.2 Å². The first-order chi connectivity index (χ1) is 17.4. The van der Waals surface area contributed by atoms with Gasteiger partial charge in [-0.1, -0.05) is 44.2 Å². The predicted molar refractivity (Wildman–Crippen MR) is 134 cm³/mol. The van der Waals surface area contributed by atoms with Gasteiger partial charge in [-0.2, -0.15) is 5.26 Å². The van der Waals surface area contributed by atoms with Gasteiger partial charge in [-0.3, -0.25) is 4.79 Å². The number of hydrogen-bond donors (Lipinski definition) is 1. The summed E-state index contributed by atoms with van der Waals surface area (Å²) in [7, 11) is 0. The third kappa shape index (κ3) is 6.57. The topological polar surface area (TPSA) is 101 Å². The van der Waals surface area contributed by atoms with Crippen molar-refractivity contribution in [1.82, 2.24) is 10.2 Å². The summed E-state index contributed by atoms with van der Waals surface area (Å²) in [6.07, 6.45) is 3.69. The van der Waals surface area contributed by atoms with Gasteiger partial charge in [0, 0.05) is 13.1 Å². The van der Waals surface area contributed by atoms with E-state index < -0.39 is 24.1 Å². The molecule has 0 aromatic heterocycles. The van der Waals surface area contributed by atoms with Crippen LogP contribution in [0.4, 0.5) is 4.79 Å². The highest BCUT2D eigenvalue weighted by Gasteiger charge is 2.54. The average Bonchev–Trinajstić information content (AvgIpc) is 3.70. The van der Waals surface area contributed by atoms with E-state index in [1.165, 1.54) is 12.8 Å². The molecule has 36 heavy (non-hydrogen) atoms. The Labute approximate surface area is 214 Å². The van der Waals surface area contributed by atoms with E-state index >= 15 is 0 Å². The molecule has 1 aromatic rings. The second-order valence-electron chi connectivity index (χ2n) is 10.8. The maximum absolute atomic E-state index is 13.3. The van der Waals surface area contributed by atoms with Gasteiger partial charge in [0.1, 0.15) is 6.04 Å². The molecule has 2 unspecified atom stereocenters. The van der Waals surface area contributed by atoms with Crippen molar-refractivity contribution in [2.75, 3.05) is 32.9 Å². The summed E-state index contributed by atoms with van der Waals surface area (Å²) in [6, 6.07) is 10.9. The van der Waals surface area contributed by atoms with Crippen LogP contribution in [-0.4, -0.2) is 62.0 Å². The minimum atomic E-state index is -0.942. The van der Waals surface area contributed by atoms with Crippen molar-refractivity contribution in [1.29, 1.82) is 5.26 Å². The molecular formula is C28H39N3O5. The molecule has 1 spiro atoms. The van der Waals surface area contributed by atoms with E-state index in [-0.39, 0.29) is 6.61 Å². The van der Waals surface area contributed by atoms with Crippen molar-refractivity contribution >= 4 is 12.0 Å². The fourth-order valence-electron chi connectivity index (χ4n) is 6.07. The molecular weight excluding hydrogens is 458 g/mol. The average molecular weight is 498 g/mol.